The first kappa shape index (κ1) is 9.59. The molecule has 0 aliphatic carbocycles. The van der Waals surface area contributed by atoms with Crippen LogP contribution in [0.15, 0.2) is 24.3 Å². The molecule has 0 amide bonds. The maximum Gasteiger partial charge on any atom is 0.231 e. The van der Waals surface area contributed by atoms with E-state index in [-0.39, 0.29) is 0 Å². The van der Waals surface area contributed by atoms with Gasteiger partial charge in [-0.3, -0.25) is 0 Å². The van der Waals surface area contributed by atoms with E-state index < -0.39 is 0 Å². The van der Waals surface area contributed by atoms with E-state index in [1.54, 1.807) is 0 Å². The minimum atomic E-state index is 0.337. The molecule has 0 atom stereocenters. The zero-order valence-corrected chi connectivity index (χ0v) is 9.29. The van der Waals surface area contributed by atoms with Crippen molar-refractivity contribution in [3.05, 3.63) is 29.8 Å². The minimum Gasteiger partial charge on any atom is -0.454 e. The molecule has 0 saturated carbocycles. The predicted octanol–water partition coefficient (Wildman–Crippen LogP) is 3.21. The van der Waals surface area contributed by atoms with Gasteiger partial charge in [-0.2, -0.15) is 0 Å². The minimum absolute atomic E-state index is 0.337. The van der Waals surface area contributed by atoms with E-state index in [1.807, 2.05) is 18.2 Å². The summed E-state index contributed by atoms with van der Waals surface area (Å²) >= 11 is 3.38. The Labute approximate surface area is 91.7 Å². The number of hydrogen-bond donors (Lipinski definition) is 0. The molecule has 1 aromatic rings. The summed E-state index contributed by atoms with van der Waals surface area (Å²) in [6.45, 7) is 0.337. The predicted molar refractivity (Wildman–Crippen MR) is 60.0 cm³/mol. The smallest absolute Gasteiger partial charge is 0.231 e. The molecular weight excluding hydrogens is 244 g/mol. The molecule has 1 aromatic carbocycles. The molecule has 0 spiro atoms. The molecule has 74 valence electrons. The summed E-state index contributed by atoms with van der Waals surface area (Å²) in [6.07, 6.45) is 5.25. The highest BCUT2D eigenvalue weighted by atomic mass is 79.9. The fraction of sp³-hybridized carbons (Fsp3) is 0.273. The van der Waals surface area contributed by atoms with Crippen molar-refractivity contribution in [1.82, 2.24) is 0 Å². The Balaban J connectivity index is 2.12. The number of benzene rings is 1. The Kier molecular flexibility index (Phi) is 3.09. The van der Waals surface area contributed by atoms with Crippen molar-refractivity contribution in [3.8, 4) is 11.5 Å². The van der Waals surface area contributed by atoms with E-state index in [9.17, 15) is 0 Å². The number of ether oxygens (including phenoxy) is 2. The van der Waals surface area contributed by atoms with Crippen LogP contribution in [0.4, 0.5) is 0 Å². The molecule has 1 heterocycles. The first-order valence-corrected chi connectivity index (χ1v) is 5.64. The zero-order valence-electron chi connectivity index (χ0n) is 7.70. The lowest BCUT2D eigenvalue weighted by molar-refractivity contribution is 0.174. The van der Waals surface area contributed by atoms with Gasteiger partial charge in [0.05, 0.1) is 0 Å². The lowest BCUT2D eigenvalue weighted by Crippen LogP contribution is -1.92. The fourth-order valence-corrected chi connectivity index (χ4v) is 1.56. The molecule has 0 radical (unpaired) electrons. The van der Waals surface area contributed by atoms with Crippen molar-refractivity contribution < 1.29 is 9.47 Å². The van der Waals surface area contributed by atoms with Gasteiger partial charge in [-0.15, -0.1) is 0 Å². The Morgan fingerprint density at radius 1 is 1.29 bits per heavy atom. The molecule has 1 aliphatic rings. The maximum absolute atomic E-state index is 5.28. The van der Waals surface area contributed by atoms with Crippen LogP contribution < -0.4 is 9.47 Å². The number of rotatable bonds is 3. The van der Waals surface area contributed by atoms with Crippen molar-refractivity contribution in [2.24, 2.45) is 0 Å². The molecule has 0 fully saturated rings. The van der Waals surface area contributed by atoms with Gasteiger partial charge in [-0.25, -0.2) is 0 Å². The number of halogens is 1. The summed E-state index contributed by atoms with van der Waals surface area (Å²) in [4.78, 5) is 0. The van der Waals surface area contributed by atoms with Crippen LogP contribution in [0.1, 0.15) is 12.0 Å². The van der Waals surface area contributed by atoms with Crippen LogP contribution >= 0.6 is 15.9 Å². The largest absolute Gasteiger partial charge is 0.454 e. The quantitative estimate of drug-likeness (QED) is 0.772. The Bertz CT molecular complexity index is 347. The van der Waals surface area contributed by atoms with Gasteiger partial charge in [-0.05, 0) is 24.1 Å². The second kappa shape index (κ2) is 4.51. The molecule has 2 rings (SSSR count). The van der Waals surface area contributed by atoms with Gasteiger partial charge in [0, 0.05) is 5.33 Å². The van der Waals surface area contributed by atoms with Crippen LogP contribution in [0.3, 0.4) is 0 Å². The average Bonchev–Trinajstić information content (AvgIpc) is 2.65. The molecule has 14 heavy (non-hydrogen) atoms. The van der Waals surface area contributed by atoms with Crippen LogP contribution in [-0.2, 0) is 0 Å². The third-order valence-corrected chi connectivity index (χ3v) is 2.44. The lowest BCUT2D eigenvalue weighted by Gasteiger charge is -1.97. The van der Waals surface area contributed by atoms with Gasteiger partial charge < -0.3 is 9.47 Å². The average molecular weight is 255 g/mol. The molecule has 2 nitrogen and oxygen atoms in total. The molecule has 0 aromatic heterocycles. The third-order valence-electron chi connectivity index (χ3n) is 1.98. The molecule has 3 heteroatoms. The molecule has 0 N–H and O–H groups in total. The monoisotopic (exact) mass is 254 g/mol. The van der Waals surface area contributed by atoms with Gasteiger partial charge in [0.2, 0.25) is 6.79 Å². The highest BCUT2D eigenvalue weighted by molar-refractivity contribution is 9.09. The summed E-state index contributed by atoms with van der Waals surface area (Å²) in [5, 5.41) is 0.994. The lowest BCUT2D eigenvalue weighted by atomic mass is 10.2. The highest BCUT2D eigenvalue weighted by Gasteiger charge is 2.11. The van der Waals surface area contributed by atoms with Gasteiger partial charge in [0.25, 0.3) is 0 Å². The van der Waals surface area contributed by atoms with Gasteiger partial charge in [0.1, 0.15) is 0 Å². The molecule has 0 unspecified atom stereocenters. The number of fused-ring (bicyclic) bond motifs is 1. The second-order valence-corrected chi connectivity index (χ2v) is 3.79. The second-order valence-electron chi connectivity index (χ2n) is 2.99. The van der Waals surface area contributed by atoms with Gasteiger partial charge in [0.15, 0.2) is 11.5 Å². The zero-order chi connectivity index (χ0) is 9.80. The van der Waals surface area contributed by atoms with Crippen LogP contribution in [0.5, 0.6) is 11.5 Å². The summed E-state index contributed by atoms with van der Waals surface area (Å²) in [7, 11) is 0. The first-order valence-electron chi connectivity index (χ1n) is 4.52. The van der Waals surface area contributed by atoms with Crippen molar-refractivity contribution in [2.45, 2.75) is 6.42 Å². The standard InChI is InChI=1S/C11H11BrO2/c12-6-2-1-3-9-4-5-10-11(7-9)14-8-13-10/h1,3-5,7H,2,6,8H2/b3-1+. The van der Waals surface area contributed by atoms with E-state index >= 15 is 0 Å². The molecule has 1 aliphatic heterocycles. The third kappa shape index (κ3) is 2.10. The number of hydrogen-bond acceptors (Lipinski definition) is 2. The Morgan fingerprint density at radius 3 is 3.00 bits per heavy atom. The maximum atomic E-state index is 5.28. The van der Waals surface area contributed by atoms with Crippen LogP contribution in [0.25, 0.3) is 6.08 Å². The Morgan fingerprint density at radius 2 is 2.14 bits per heavy atom. The van der Waals surface area contributed by atoms with Crippen molar-refractivity contribution in [3.63, 3.8) is 0 Å². The first-order chi connectivity index (χ1) is 6.90. The normalized spacial score (nSPS) is 13.8. The SMILES string of the molecule is BrCC/C=C/c1ccc2c(c1)OCO2. The van der Waals surface area contributed by atoms with E-state index in [1.165, 1.54) is 0 Å². The summed E-state index contributed by atoms with van der Waals surface area (Å²) < 4.78 is 10.5. The topological polar surface area (TPSA) is 18.5 Å². The van der Waals surface area contributed by atoms with E-state index in [0.29, 0.717) is 6.79 Å². The molecular formula is C11H11BrO2. The fourth-order valence-electron chi connectivity index (χ4n) is 1.30. The van der Waals surface area contributed by atoms with Crippen molar-refractivity contribution in [2.75, 3.05) is 12.1 Å². The Hall–Kier alpha value is -0.960. The highest BCUT2D eigenvalue weighted by Crippen LogP contribution is 2.32. The van der Waals surface area contributed by atoms with Gasteiger partial charge in [-0.1, -0.05) is 34.1 Å². The van der Waals surface area contributed by atoms with E-state index in [2.05, 4.69) is 28.1 Å². The van der Waals surface area contributed by atoms with E-state index in [0.717, 1.165) is 28.8 Å². The summed E-state index contributed by atoms with van der Waals surface area (Å²) in [5.74, 6) is 1.67. The van der Waals surface area contributed by atoms with Crippen LogP contribution in [0, 0.1) is 0 Å². The van der Waals surface area contributed by atoms with Crippen LogP contribution in [-0.4, -0.2) is 12.1 Å². The summed E-state index contributed by atoms with van der Waals surface area (Å²) in [5.41, 5.74) is 1.15. The van der Waals surface area contributed by atoms with E-state index in [4.69, 9.17) is 9.47 Å². The number of allylic oxidation sites excluding steroid dienone is 1. The molecule has 0 bridgehead atoms. The molecule has 0 saturated heterocycles. The van der Waals surface area contributed by atoms with Gasteiger partial charge >= 0.3 is 0 Å². The van der Waals surface area contributed by atoms with Crippen molar-refractivity contribution >= 4 is 22.0 Å². The van der Waals surface area contributed by atoms with Crippen molar-refractivity contribution in [1.29, 1.82) is 0 Å². The number of alkyl halides is 1. The summed E-state index contributed by atoms with van der Waals surface area (Å²) in [6, 6.07) is 5.96. The van der Waals surface area contributed by atoms with Crippen LogP contribution in [0.2, 0.25) is 0 Å².